The van der Waals surface area contributed by atoms with Crippen molar-refractivity contribution >= 4 is 29.1 Å². The molecule has 1 N–H and O–H groups in total. The van der Waals surface area contributed by atoms with Crippen LogP contribution in [-0.4, -0.2) is 60.5 Å². The fourth-order valence-corrected chi connectivity index (χ4v) is 4.53. The Bertz CT molecular complexity index is 1300. The fourth-order valence-electron chi connectivity index (χ4n) is 4.53. The first-order valence-electron chi connectivity index (χ1n) is 11.6. The molecule has 8 nitrogen and oxygen atoms in total. The minimum absolute atomic E-state index is 0.190. The van der Waals surface area contributed by atoms with E-state index < -0.39 is 11.8 Å². The molecule has 8 heteroatoms. The van der Waals surface area contributed by atoms with Crippen LogP contribution in [-0.2, 0) is 0 Å². The Kier molecular flexibility index (Phi) is 5.86. The number of ether oxygens (including phenoxy) is 1. The Morgan fingerprint density at radius 2 is 1.57 bits per heavy atom. The van der Waals surface area contributed by atoms with E-state index in [0.29, 0.717) is 49.8 Å². The standard InChI is InChI=1S/C27H25N3O5/c1-2-35-20-10-8-19(9-11-20)30-26(33)21-12-7-18(17-22(21)27(30)34)25(32)29-15-13-28(14-16-29)23-5-3-4-6-24(23)31/h3-12,17,31H,2,13-16H2,1H3. The predicted molar refractivity (Wildman–Crippen MR) is 131 cm³/mol. The monoisotopic (exact) mass is 471 g/mol. The molecule has 178 valence electrons. The number of hydrogen-bond acceptors (Lipinski definition) is 6. The number of hydrogen-bond donors (Lipinski definition) is 1. The highest BCUT2D eigenvalue weighted by Gasteiger charge is 2.37. The summed E-state index contributed by atoms with van der Waals surface area (Å²) >= 11 is 0. The van der Waals surface area contributed by atoms with E-state index in [1.165, 1.54) is 6.07 Å². The first kappa shape index (κ1) is 22.5. The van der Waals surface area contributed by atoms with Crippen molar-refractivity contribution in [2.45, 2.75) is 6.92 Å². The summed E-state index contributed by atoms with van der Waals surface area (Å²) in [5.41, 5.74) is 2.07. The van der Waals surface area contributed by atoms with Gasteiger partial charge < -0.3 is 19.6 Å². The van der Waals surface area contributed by atoms with Crippen LogP contribution in [0.15, 0.2) is 66.7 Å². The number of fused-ring (bicyclic) bond motifs is 1. The highest BCUT2D eigenvalue weighted by Crippen LogP contribution is 2.31. The number of amides is 3. The van der Waals surface area contributed by atoms with E-state index in [0.717, 1.165) is 10.6 Å². The number of anilines is 2. The third-order valence-corrected chi connectivity index (χ3v) is 6.33. The molecule has 2 aliphatic rings. The highest BCUT2D eigenvalue weighted by molar-refractivity contribution is 6.34. The number of piperazine rings is 1. The maximum atomic E-state index is 13.2. The lowest BCUT2D eigenvalue weighted by atomic mass is 10.0. The average Bonchev–Trinajstić information content (AvgIpc) is 3.14. The van der Waals surface area contributed by atoms with Gasteiger partial charge in [-0.2, -0.15) is 0 Å². The second-order valence-electron chi connectivity index (χ2n) is 8.40. The molecule has 0 atom stereocenters. The van der Waals surface area contributed by atoms with Crippen LogP contribution < -0.4 is 14.5 Å². The molecule has 3 amide bonds. The molecule has 1 saturated heterocycles. The van der Waals surface area contributed by atoms with Crippen molar-refractivity contribution in [2.24, 2.45) is 0 Å². The van der Waals surface area contributed by atoms with Crippen LogP contribution in [0.3, 0.4) is 0 Å². The SMILES string of the molecule is CCOc1ccc(N2C(=O)c3ccc(C(=O)N4CCN(c5ccccc5O)CC4)cc3C2=O)cc1. The largest absolute Gasteiger partial charge is 0.506 e. The zero-order valence-corrected chi connectivity index (χ0v) is 19.3. The highest BCUT2D eigenvalue weighted by atomic mass is 16.5. The molecule has 0 aliphatic carbocycles. The molecule has 35 heavy (non-hydrogen) atoms. The third kappa shape index (κ3) is 4.07. The molecule has 0 aromatic heterocycles. The molecule has 3 aromatic rings. The van der Waals surface area contributed by atoms with Gasteiger partial charge in [-0.05, 0) is 61.5 Å². The molecule has 2 aliphatic heterocycles. The molecule has 1 fully saturated rings. The van der Waals surface area contributed by atoms with Crippen LogP contribution in [0, 0.1) is 0 Å². The van der Waals surface area contributed by atoms with Crippen LogP contribution in [0.2, 0.25) is 0 Å². The molecule has 0 saturated carbocycles. The molecule has 3 aromatic carbocycles. The molecular formula is C27H25N3O5. The first-order chi connectivity index (χ1) is 17.0. The minimum Gasteiger partial charge on any atom is -0.506 e. The minimum atomic E-state index is -0.451. The number of phenolic OH excluding ortho intramolecular Hbond substituents is 1. The van der Waals surface area contributed by atoms with Gasteiger partial charge in [-0.3, -0.25) is 14.4 Å². The van der Waals surface area contributed by atoms with E-state index in [1.54, 1.807) is 53.4 Å². The lowest BCUT2D eigenvalue weighted by Crippen LogP contribution is -2.48. The summed E-state index contributed by atoms with van der Waals surface area (Å²) in [6, 6.07) is 18.6. The number of carbonyl (C=O) groups is 3. The molecule has 5 rings (SSSR count). The van der Waals surface area contributed by atoms with Crippen molar-refractivity contribution in [1.29, 1.82) is 0 Å². The summed E-state index contributed by atoms with van der Waals surface area (Å²) in [5.74, 6) is -0.184. The van der Waals surface area contributed by atoms with Gasteiger partial charge in [-0.15, -0.1) is 0 Å². The number of imide groups is 1. The normalized spacial score (nSPS) is 15.4. The first-order valence-corrected chi connectivity index (χ1v) is 11.6. The van der Waals surface area contributed by atoms with Gasteiger partial charge in [0.1, 0.15) is 11.5 Å². The predicted octanol–water partition coefficient (Wildman–Crippen LogP) is 3.55. The van der Waals surface area contributed by atoms with Gasteiger partial charge in [0.15, 0.2) is 0 Å². The maximum Gasteiger partial charge on any atom is 0.266 e. The van der Waals surface area contributed by atoms with Gasteiger partial charge >= 0.3 is 0 Å². The number of rotatable bonds is 5. The summed E-state index contributed by atoms with van der Waals surface area (Å²) in [6.45, 7) is 4.52. The van der Waals surface area contributed by atoms with Crippen LogP contribution in [0.1, 0.15) is 38.0 Å². The van der Waals surface area contributed by atoms with Crippen molar-refractivity contribution in [3.05, 3.63) is 83.4 Å². The van der Waals surface area contributed by atoms with E-state index in [2.05, 4.69) is 0 Å². The number of benzene rings is 3. The maximum absolute atomic E-state index is 13.2. The van der Waals surface area contributed by atoms with Crippen molar-refractivity contribution in [1.82, 2.24) is 4.90 Å². The van der Waals surface area contributed by atoms with E-state index in [1.807, 2.05) is 24.0 Å². The number of phenols is 1. The van der Waals surface area contributed by atoms with E-state index in [9.17, 15) is 19.5 Å². The molecule has 2 heterocycles. The summed E-state index contributed by atoms with van der Waals surface area (Å²) in [6.07, 6.45) is 0. The molecule has 0 spiro atoms. The van der Waals surface area contributed by atoms with Gasteiger partial charge in [0.2, 0.25) is 0 Å². The second kappa shape index (κ2) is 9.13. The van der Waals surface area contributed by atoms with Crippen LogP contribution >= 0.6 is 0 Å². The Balaban J connectivity index is 1.31. The van der Waals surface area contributed by atoms with Gasteiger partial charge in [-0.25, -0.2) is 4.90 Å². The summed E-state index contributed by atoms with van der Waals surface area (Å²) < 4.78 is 5.43. The summed E-state index contributed by atoms with van der Waals surface area (Å²) in [5, 5.41) is 10.1. The van der Waals surface area contributed by atoms with E-state index >= 15 is 0 Å². The quantitative estimate of drug-likeness (QED) is 0.573. The van der Waals surface area contributed by atoms with Crippen molar-refractivity contribution in [3.8, 4) is 11.5 Å². The summed E-state index contributed by atoms with van der Waals surface area (Å²) in [4.78, 5) is 44.1. The molecular weight excluding hydrogens is 446 g/mol. The van der Waals surface area contributed by atoms with Crippen molar-refractivity contribution in [3.63, 3.8) is 0 Å². The number of nitrogens with zero attached hydrogens (tertiary/aromatic N) is 3. The van der Waals surface area contributed by atoms with Crippen molar-refractivity contribution in [2.75, 3.05) is 42.6 Å². The Morgan fingerprint density at radius 1 is 0.886 bits per heavy atom. The molecule has 0 unspecified atom stereocenters. The summed E-state index contributed by atoms with van der Waals surface area (Å²) in [7, 11) is 0. The smallest absolute Gasteiger partial charge is 0.266 e. The van der Waals surface area contributed by atoms with E-state index in [-0.39, 0.29) is 22.8 Å². The zero-order valence-electron chi connectivity index (χ0n) is 19.3. The van der Waals surface area contributed by atoms with E-state index in [4.69, 9.17) is 4.74 Å². The number of para-hydroxylation sites is 2. The number of aromatic hydroxyl groups is 1. The molecule has 0 radical (unpaired) electrons. The third-order valence-electron chi connectivity index (χ3n) is 6.33. The van der Waals surface area contributed by atoms with Gasteiger partial charge in [-0.1, -0.05) is 12.1 Å². The fraction of sp³-hybridized carbons (Fsp3) is 0.222. The van der Waals surface area contributed by atoms with Crippen molar-refractivity contribution < 1.29 is 24.2 Å². The van der Waals surface area contributed by atoms with Crippen LogP contribution in [0.4, 0.5) is 11.4 Å². The van der Waals surface area contributed by atoms with Crippen LogP contribution in [0.5, 0.6) is 11.5 Å². The number of carbonyl (C=O) groups excluding carboxylic acids is 3. The lowest BCUT2D eigenvalue weighted by molar-refractivity contribution is 0.0746. The lowest BCUT2D eigenvalue weighted by Gasteiger charge is -2.36. The zero-order chi connectivity index (χ0) is 24.5. The van der Waals surface area contributed by atoms with Gasteiger partial charge in [0.05, 0.1) is 29.1 Å². The van der Waals surface area contributed by atoms with Gasteiger partial charge in [0.25, 0.3) is 17.7 Å². The van der Waals surface area contributed by atoms with Crippen LogP contribution in [0.25, 0.3) is 0 Å². The van der Waals surface area contributed by atoms with Gasteiger partial charge in [0, 0.05) is 31.7 Å². The Morgan fingerprint density at radius 3 is 2.26 bits per heavy atom. The Hall–Kier alpha value is -4.33. The Labute approximate surface area is 202 Å². The topological polar surface area (TPSA) is 90.4 Å². The second-order valence-corrected chi connectivity index (χ2v) is 8.40. The molecule has 0 bridgehead atoms. The average molecular weight is 472 g/mol.